The molecule has 3 aromatic carbocycles. The van der Waals surface area contributed by atoms with E-state index in [9.17, 15) is 19.5 Å². The summed E-state index contributed by atoms with van der Waals surface area (Å²) in [5.74, 6) is 0.0665. The molecule has 9 rings (SSSR count). The number of hydrogen-bond donors (Lipinski definition) is 3. The number of alkyl halides is 1. The summed E-state index contributed by atoms with van der Waals surface area (Å²) < 4.78 is 24.9. The van der Waals surface area contributed by atoms with Crippen LogP contribution in [0, 0.1) is 13.8 Å². The molecule has 0 radical (unpaired) electrons. The average Bonchev–Trinajstić information content (AvgIpc) is 3.66. The number of carbonyl (C=O) groups excluding carboxylic acids is 3. The Morgan fingerprint density at radius 1 is 0.934 bits per heavy atom. The number of phenols is 1. The first-order valence-corrected chi connectivity index (χ1v) is 21.2. The number of piperidine rings is 2. The number of anilines is 3. The SMILES string of the molecule is Cc1cc(C(=O)N2CCC(F)(CN3CCC(n4ccc5cc(N6CCC(=O)NC6=O)c(C)cc54)CC3)CC2)ccc1[C@H]1CN(c2cc(-c3ccccc3O)nnc2N)CCO1. The number of aryl methyl sites for hydroxylation is 2. The van der Waals surface area contributed by atoms with Crippen molar-refractivity contribution in [2.45, 2.75) is 63.8 Å². The Labute approximate surface area is 354 Å². The maximum Gasteiger partial charge on any atom is 0.328 e. The van der Waals surface area contributed by atoms with Gasteiger partial charge in [0.15, 0.2) is 5.82 Å². The molecule has 0 saturated carbocycles. The molecule has 0 bridgehead atoms. The fourth-order valence-electron chi connectivity index (χ4n) is 9.60. The lowest BCUT2D eigenvalue weighted by atomic mass is 9.91. The first-order chi connectivity index (χ1) is 29.4. The van der Waals surface area contributed by atoms with Gasteiger partial charge in [0.05, 0.1) is 18.0 Å². The molecule has 14 nitrogen and oxygen atoms in total. The minimum atomic E-state index is -1.36. The van der Waals surface area contributed by atoms with Gasteiger partial charge in [-0.2, -0.15) is 0 Å². The van der Waals surface area contributed by atoms with Crippen LogP contribution in [0.5, 0.6) is 5.75 Å². The average molecular weight is 830 g/mol. The second-order valence-corrected chi connectivity index (χ2v) is 17.0. The number of carbonyl (C=O) groups is 3. The van der Waals surface area contributed by atoms with Gasteiger partial charge in [-0.1, -0.05) is 18.2 Å². The third-order valence-corrected chi connectivity index (χ3v) is 13.0. The molecule has 0 aliphatic carbocycles. The summed E-state index contributed by atoms with van der Waals surface area (Å²) in [5, 5.41) is 22.3. The van der Waals surface area contributed by atoms with Crippen LogP contribution in [0.25, 0.3) is 22.2 Å². The van der Waals surface area contributed by atoms with Gasteiger partial charge in [0.25, 0.3) is 5.91 Å². The Kier molecular flexibility index (Phi) is 10.9. The number of nitrogens with two attached hydrogens (primary N) is 1. The number of nitrogens with one attached hydrogen (secondary N) is 1. The van der Waals surface area contributed by atoms with E-state index in [-0.39, 0.29) is 42.2 Å². The number of morpholine rings is 1. The first kappa shape index (κ1) is 40.4. The normalized spacial score (nSPS) is 20.3. The van der Waals surface area contributed by atoms with Crippen molar-refractivity contribution < 1.29 is 28.6 Å². The molecular formula is C46H52FN9O5. The molecule has 4 saturated heterocycles. The number of ether oxygens (including phenoxy) is 1. The molecule has 6 heterocycles. The Balaban J connectivity index is 0.780. The summed E-state index contributed by atoms with van der Waals surface area (Å²) >= 11 is 0. The highest BCUT2D eigenvalue weighted by Crippen LogP contribution is 2.37. The summed E-state index contributed by atoms with van der Waals surface area (Å²) in [6, 6.07) is 20.7. The number of benzene rings is 3. The molecule has 0 spiro atoms. The number of imide groups is 1. The monoisotopic (exact) mass is 829 g/mol. The van der Waals surface area contributed by atoms with Crippen LogP contribution in [0.4, 0.5) is 26.4 Å². The van der Waals surface area contributed by atoms with Gasteiger partial charge in [0.1, 0.15) is 17.5 Å². The maximum absolute atomic E-state index is 16.4. The standard InChI is InChI=1S/C46H52FN9O5/c1-29-23-32(7-8-34(29)41-27-54(21-22-61-41)39-26-36(50-51-43(39)48)35-5-3-4-6-40(35)57)44(59)53-19-13-46(47,14-20-53)28-52-15-10-33(11-16-52)55-17-9-31-25-37(30(2)24-38(31)55)56-18-12-42(58)49-45(56)60/h3-9,17,23-26,33,41,57H,10-16,18-22,27-28H2,1-2H3,(H2,48,51)(H,49,58,60)/t41-/m1/s1. The zero-order valence-electron chi connectivity index (χ0n) is 34.6. The number of rotatable bonds is 8. The molecule has 4 aliphatic heterocycles. The summed E-state index contributed by atoms with van der Waals surface area (Å²) in [7, 11) is 0. The number of urea groups is 1. The molecule has 5 aromatic rings. The van der Waals surface area contributed by atoms with Crippen molar-refractivity contribution in [3.63, 3.8) is 0 Å². The summed E-state index contributed by atoms with van der Waals surface area (Å²) in [4.78, 5) is 45.7. The van der Waals surface area contributed by atoms with Crippen LogP contribution in [-0.4, -0.2) is 112 Å². The van der Waals surface area contributed by atoms with Gasteiger partial charge in [-0.25, -0.2) is 9.18 Å². The van der Waals surface area contributed by atoms with E-state index in [1.165, 1.54) is 0 Å². The predicted molar refractivity (Wildman–Crippen MR) is 231 cm³/mol. The van der Waals surface area contributed by atoms with Gasteiger partial charge in [0.2, 0.25) is 5.91 Å². The molecule has 1 atom stereocenters. The highest BCUT2D eigenvalue weighted by atomic mass is 19.1. The van der Waals surface area contributed by atoms with Gasteiger partial charge in [0, 0.05) is 112 Å². The van der Waals surface area contributed by atoms with E-state index in [4.69, 9.17) is 10.5 Å². The minimum absolute atomic E-state index is 0.0911. The maximum atomic E-state index is 16.4. The van der Waals surface area contributed by atoms with E-state index < -0.39 is 5.67 Å². The lowest BCUT2D eigenvalue weighted by Gasteiger charge is -2.41. The third kappa shape index (κ3) is 8.11. The van der Waals surface area contributed by atoms with Gasteiger partial charge in [-0.05, 0) is 91.9 Å². The van der Waals surface area contributed by atoms with Crippen LogP contribution in [0.3, 0.4) is 0 Å². The molecule has 318 valence electrons. The summed E-state index contributed by atoms with van der Waals surface area (Å²) in [6.45, 7) is 8.60. The number of para-hydroxylation sites is 1. The largest absolute Gasteiger partial charge is 0.507 e. The number of aromatic nitrogens is 3. The molecule has 0 unspecified atom stereocenters. The Morgan fingerprint density at radius 3 is 2.48 bits per heavy atom. The van der Waals surface area contributed by atoms with Gasteiger partial charge < -0.3 is 34.8 Å². The number of amides is 4. The minimum Gasteiger partial charge on any atom is -0.507 e. The second kappa shape index (κ2) is 16.4. The lowest BCUT2D eigenvalue weighted by molar-refractivity contribution is -0.120. The molecular weight excluding hydrogens is 778 g/mol. The Hall–Kier alpha value is -6.06. The number of hydrogen-bond acceptors (Lipinski definition) is 10. The molecule has 2 aromatic heterocycles. The van der Waals surface area contributed by atoms with Crippen LogP contribution >= 0.6 is 0 Å². The van der Waals surface area contributed by atoms with Crippen molar-refractivity contribution in [3.05, 3.63) is 95.2 Å². The van der Waals surface area contributed by atoms with Crippen LogP contribution in [-0.2, 0) is 9.53 Å². The first-order valence-electron chi connectivity index (χ1n) is 21.2. The lowest BCUT2D eigenvalue weighted by Crippen LogP contribution is -2.51. The van der Waals surface area contributed by atoms with Crippen LogP contribution in [0.2, 0.25) is 0 Å². The number of phenolic OH excluding ortho intramolecular Hbond substituents is 1. The Morgan fingerprint density at radius 2 is 1.72 bits per heavy atom. The van der Waals surface area contributed by atoms with Crippen LogP contribution in [0.1, 0.15) is 71.3 Å². The summed E-state index contributed by atoms with van der Waals surface area (Å²) in [6.07, 6.45) is 4.52. The smallest absolute Gasteiger partial charge is 0.328 e. The van der Waals surface area contributed by atoms with E-state index in [2.05, 4.69) is 48.2 Å². The quantitative estimate of drug-likeness (QED) is 0.162. The highest BCUT2D eigenvalue weighted by Gasteiger charge is 2.39. The van der Waals surface area contributed by atoms with Gasteiger partial charge >= 0.3 is 6.03 Å². The number of nitrogens with zero attached hydrogens (tertiary/aromatic N) is 7. The van der Waals surface area contributed by atoms with Crippen molar-refractivity contribution in [1.82, 2.24) is 29.9 Å². The van der Waals surface area contributed by atoms with Gasteiger partial charge in [-0.15, -0.1) is 10.2 Å². The van der Waals surface area contributed by atoms with Gasteiger partial charge in [-0.3, -0.25) is 19.8 Å². The Bertz CT molecular complexity index is 2490. The molecule has 4 N–H and O–H groups in total. The second-order valence-electron chi connectivity index (χ2n) is 17.0. The third-order valence-electron chi connectivity index (χ3n) is 13.0. The number of likely N-dealkylation sites (tertiary alicyclic amines) is 2. The zero-order valence-corrected chi connectivity index (χ0v) is 34.6. The zero-order chi connectivity index (χ0) is 42.4. The molecule has 4 amide bonds. The molecule has 4 aliphatic rings. The molecule has 4 fully saturated rings. The topological polar surface area (TPSA) is 162 Å². The number of fused-ring (bicyclic) bond motifs is 1. The van der Waals surface area contributed by atoms with Crippen molar-refractivity contribution in [2.75, 3.05) is 74.5 Å². The van der Waals surface area contributed by atoms with E-state index in [0.29, 0.717) is 87.0 Å². The molecule has 61 heavy (non-hydrogen) atoms. The van der Waals surface area contributed by atoms with Crippen molar-refractivity contribution >= 4 is 45.9 Å². The highest BCUT2D eigenvalue weighted by molar-refractivity contribution is 6.06. The fraction of sp³-hybridized carbons (Fsp3) is 0.413. The van der Waals surface area contributed by atoms with E-state index in [0.717, 1.165) is 59.2 Å². The van der Waals surface area contributed by atoms with E-state index in [1.807, 2.05) is 50.2 Å². The number of aromatic hydroxyl groups is 1. The number of nitrogen functional groups attached to an aromatic ring is 1. The van der Waals surface area contributed by atoms with Crippen molar-refractivity contribution in [1.29, 1.82) is 0 Å². The number of halogens is 1. The van der Waals surface area contributed by atoms with Crippen LogP contribution in [0.15, 0.2) is 72.9 Å². The summed E-state index contributed by atoms with van der Waals surface area (Å²) in [5.41, 5.74) is 12.1. The van der Waals surface area contributed by atoms with Crippen LogP contribution < -0.4 is 20.9 Å². The van der Waals surface area contributed by atoms with E-state index in [1.54, 1.807) is 28.0 Å². The fourth-order valence-corrected chi connectivity index (χ4v) is 9.60. The predicted octanol–water partition coefficient (Wildman–Crippen LogP) is 6.31. The van der Waals surface area contributed by atoms with Crippen molar-refractivity contribution in [3.8, 4) is 17.0 Å². The molecule has 15 heteroatoms. The van der Waals surface area contributed by atoms with Crippen molar-refractivity contribution in [2.24, 2.45) is 0 Å². The van der Waals surface area contributed by atoms with E-state index >= 15 is 4.39 Å².